The molecule has 0 spiro atoms. The Bertz CT molecular complexity index is 444. The molecule has 0 saturated carbocycles. The summed E-state index contributed by atoms with van der Waals surface area (Å²) in [5.41, 5.74) is 0.998. The number of hydrogen-bond donors (Lipinski definition) is 0. The normalized spacial score (nSPS) is 25.9. The first-order valence-corrected chi connectivity index (χ1v) is 6.88. The zero-order valence-corrected chi connectivity index (χ0v) is 10.8. The minimum Gasteiger partial charge on any atom is -0.368 e. The van der Waals surface area contributed by atoms with Crippen LogP contribution in [0, 0.1) is 0 Å². The van der Waals surface area contributed by atoms with Crippen molar-refractivity contribution in [2.75, 3.05) is 26.7 Å². The topological polar surface area (TPSA) is 42.4 Å². The summed E-state index contributed by atoms with van der Waals surface area (Å²) in [6.45, 7) is 2.60. The van der Waals surface area contributed by atoms with Crippen LogP contribution in [0.2, 0.25) is 0 Å². The van der Waals surface area contributed by atoms with E-state index in [0.717, 1.165) is 48.1 Å². The number of ketones is 1. The van der Waals surface area contributed by atoms with Crippen molar-refractivity contribution in [2.24, 2.45) is 0 Å². The van der Waals surface area contributed by atoms with E-state index in [2.05, 4.69) is 16.9 Å². The Morgan fingerprint density at radius 1 is 1.47 bits per heavy atom. The lowest BCUT2D eigenvalue weighted by molar-refractivity contribution is -0.0210. The first-order valence-electron chi connectivity index (χ1n) is 6.07. The van der Waals surface area contributed by atoms with Gasteiger partial charge in [-0.1, -0.05) is 0 Å². The van der Waals surface area contributed by atoms with Gasteiger partial charge >= 0.3 is 0 Å². The Balaban J connectivity index is 1.86. The van der Waals surface area contributed by atoms with E-state index in [1.165, 1.54) is 11.3 Å². The lowest BCUT2D eigenvalue weighted by Gasteiger charge is -2.28. The van der Waals surface area contributed by atoms with Crippen molar-refractivity contribution in [2.45, 2.75) is 25.4 Å². The van der Waals surface area contributed by atoms with Crippen LogP contribution in [-0.2, 0) is 11.2 Å². The van der Waals surface area contributed by atoms with Crippen molar-refractivity contribution in [3.8, 4) is 0 Å². The average molecular weight is 252 g/mol. The van der Waals surface area contributed by atoms with Crippen molar-refractivity contribution in [1.82, 2.24) is 9.88 Å². The van der Waals surface area contributed by atoms with Gasteiger partial charge in [0.15, 0.2) is 5.78 Å². The number of hydrogen-bond acceptors (Lipinski definition) is 5. The van der Waals surface area contributed by atoms with Crippen LogP contribution in [-0.4, -0.2) is 42.4 Å². The molecule has 1 aliphatic heterocycles. The fourth-order valence-corrected chi connectivity index (χ4v) is 3.47. The SMILES string of the molecule is CN1CCOC(c2nc3c(s2)C(=O)CCC3)C1. The average Bonchev–Trinajstić information content (AvgIpc) is 2.74. The summed E-state index contributed by atoms with van der Waals surface area (Å²) in [5, 5.41) is 0.983. The first kappa shape index (κ1) is 11.3. The van der Waals surface area contributed by atoms with Gasteiger partial charge in [0.1, 0.15) is 11.1 Å². The van der Waals surface area contributed by atoms with Crippen molar-refractivity contribution >= 4 is 17.1 Å². The third kappa shape index (κ3) is 2.14. The second kappa shape index (κ2) is 4.48. The van der Waals surface area contributed by atoms with E-state index in [-0.39, 0.29) is 11.9 Å². The summed E-state index contributed by atoms with van der Waals surface area (Å²) < 4.78 is 5.74. The number of likely N-dealkylation sites (N-methyl/N-ethyl adjacent to an activating group) is 1. The zero-order chi connectivity index (χ0) is 11.8. The fraction of sp³-hybridized carbons (Fsp3) is 0.667. The molecule has 17 heavy (non-hydrogen) atoms. The maximum Gasteiger partial charge on any atom is 0.174 e. The smallest absolute Gasteiger partial charge is 0.174 e. The van der Waals surface area contributed by atoms with E-state index < -0.39 is 0 Å². The van der Waals surface area contributed by atoms with Gasteiger partial charge in [0, 0.05) is 19.5 Å². The number of fused-ring (bicyclic) bond motifs is 1. The summed E-state index contributed by atoms with van der Waals surface area (Å²) in [4.78, 5) is 19.5. The Kier molecular flexibility index (Phi) is 2.98. The number of ether oxygens (including phenoxy) is 1. The molecule has 1 aliphatic carbocycles. The van der Waals surface area contributed by atoms with E-state index in [9.17, 15) is 4.79 Å². The quantitative estimate of drug-likeness (QED) is 0.762. The van der Waals surface area contributed by atoms with Gasteiger partial charge in [-0.25, -0.2) is 4.98 Å². The van der Waals surface area contributed by atoms with Crippen molar-refractivity contribution in [3.05, 3.63) is 15.6 Å². The van der Waals surface area contributed by atoms with Crippen LogP contribution in [0.5, 0.6) is 0 Å². The molecule has 0 amide bonds. The summed E-state index contributed by atoms with van der Waals surface area (Å²) in [5.74, 6) is 0.263. The van der Waals surface area contributed by atoms with Gasteiger partial charge in [0.25, 0.3) is 0 Å². The highest BCUT2D eigenvalue weighted by molar-refractivity contribution is 7.14. The second-order valence-electron chi connectivity index (χ2n) is 4.73. The molecule has 92 valence electrons. The number of carbonyl (C=O) groups is 1. The number of Topliss-reactive ketones (excluding diaryl/α,β-unsaturated/α-hetero) is 1. The molecule has 0 radical (unpaired) electrons. The first-order chi connectivity index (χ1) is 8.24. The number of rotatable bonds is 1. The summed E-state index contributed by atoms with van der Waals surface area (Å²) in [6, 6.07) is 0. The highest BCUT2D eigenvalue weighted by Crippen LogP contribution is 2.32. The van der Waals surface area contributed by atoms with Crippen LogP contribution in [0.1, 0.15) is 39.3 Å². The van der Waals surface area contributed by atoms with Crippen LogP contribution >= 0.6 is 11.3 Å². The number of aryl methyl sites for hydroxylation is 1. The van der Waals surface area contributed by atoms with Gasteiger partial charge in [-0.05, 0) is 19.9 Å². The molecule has 1 aromatic heterocycles. The molecular weight excluding hydrogens is 236 g/mol. The highest BCUT2D eigenvalue weighted by Gasteiger charge is 2.27. The molecule has 1 aromatic rings. The molecule has 0 N–H and O–H groups in total. The highest BCUT2D eigenvalue weighted by atomic mass is 32.1. The minimum atomic E-state index is 0.0529. The van der Waals surface area contributed by atoms with Gasteiger partial charge in [-0.2, -0.15) is 0 Å². The standard InChI is InChI=1S/C12H16N2O2S/c1-14-5-6-16-10(7-14)12-13-8-3-2-4-9(15)11(8)17-12/h10H,2-7H2,1H3. The Hall–Kier alpha value is -0.780. The lowest BCUT2D eigenvalue weighted by Crippen LogP contribution is -2.35. The van der Waals surface area contributed by atoms with Crippen LogP contribution in [0.15, 0.2) is 0 Å². The van der Waals surface area contributed by atoms with Gasteiger partial charge in [-0.3, -0.25) is 4.79 Å². The van der Waals surface area contributed by atoms with Crippen LogP contribution in [0.4, 0.5) is 0 Å². The predicted octanol–water partition coefficient (Wildman–Crippen LogP) is 1.67. The summed E-state index contributed by atoms with van der Waals surface area (Å²) in [7, 11) is 2.09. The maximum absolute atomic E-state index is 11.8. The predicted molar refractivity (Wildman–Crippen MR) is 65.6 cm³/mol. The van der Waals surface area contributed by atoms with Crippen molar-refractivity contribution in [3.63, 3.8) is 0 Å². The molecule has 1 atom stereocenters. The molecule has 5 heteroatoms. The van der Waals surface area contributed by atoms with Crippen LogP contribution in [0.25, 0.3) is 0 Å². The van der Waals surface area contributed by atoms with Crippen molar-refractivity contribution in [1.29, 1.82) is 0 Å². The van der Waals surface area contributed by atoms with E-state index >= 15 is 0 Å². The minimum absolute atomic E-state index is 0.0529. The molecule has 0 aromatic carbocycles. The van der Waals surface area contributed by atoms with E-state index in [4.69, 9.17) is 4.74 Å². The van der Waals surface area contributed by atoms with E-state index in [1.807, 2.05) is 0 Å². The van der Waals surface area contributed by atoms with Crippen LogP contribution < -0.4 is 0 Å². The molecule has 1 unspecified atom stereocenters. The Labute approximate surface area is 105 Å². The monoisotopic (exact) mass is 252 g/mol. The van der Waals surface area contributed by atoms with E-state index in [1.54, 1.807) is 0 Å². The fourth-order valence-electron chi connectivity index (χ4n) is 2.35. The van der Waals surface area contributed by atoms with Gasteiger partial charge in [0.05, 0.1) is 17.2 Å². The molecule has 2 heterocycles. The summed E-state index contributed by atoms with van der Waals surface area (Å²) >= 11 is 1.54. The van der Waals surface area contributed by atoms with Crippen molar-refractivity contribution < 1.29 is 9.53 Å². The number of morpholine rings is 1. The number of carbonyl (C=O) groups excluding carboxylic acids is 1. The van der Waals surface area contributed by atoms with E-state index in [0.29, 0.717) is 6.42 Å². The molecule has 2 aliphatic rings. The van der Waals surface area contributed by atoms with Gasteiger partial charge in [-0.15, -0.1) is 11.3 Å². The third-order valence-electron chi connectivity index (χ3n) is 3.33. The second-order valence-corrected chi connectivity index (χ2v) is 5.76. The molecule has 0 bridgehead atoms. The summed E-state index contributed by atoms with van der Waals surface area (Å²) in [6.07, 6.45) is 2.62. The number of aromatic nitrogens is 1. The Morgan fingerprint density at radius 2 is 2.35 bits per heavy atom. The zero-order valence-electron chi connectivity index (χ0n) is 9.94. The molecule has 1 saturated heterocycles. The third-order valence-corrected chi connectivity index (χ3v) is 4.56. The Morgan fingerprint density at radius 3 is 3.12 bits per heavy atom. The molecule has 1 fully saturated rings. The van der Waals surface area contributed by atoms with Gasteiger partial charge in [0.2, 0.25) is 0 Å². The van der Waals surface area contributed by atoms with Crippen LogP contribution in [0.3, 0.4) is 0 Å². The number of nitrogens with zero attached hydrogens (tertiary/aromatic N) is 2. The molecular formula is C12H16N2O2S. The number of thiazole rings is 1. The molecule has 3 rings (SSSR count). The molecule has 4 nitrogen and oxygen atoms in total. The van der Waals surface area contributed by atoms with Gasteiger partial charge < -0.3 is 9.64 Å². The lowest BCUT2D eigenvalue weighted by atomic mass is 10.0. The maximum atomic E-state index is 11.8. The largest absolute Gasteiger partial charge is 0.368 e.